The number of aryl methyl sites for hydroxylation is 2. The van der Waals surface area contributed by atoms with Gasteiger partial charge in [0, 0.05) is 23.4 Å². The first kappa shape index (κ1) is 22.6. The Morgan fingerprint density at radius 1 is 0.906 bits per heavy atom. The maximum absolute atomic E-state index is 4.70. The Balaban J connectivity index is 0.00000245. The van der Waals surface area contributed by atoms with Crippen molar-refractivity contribution in [3.05, 3.63) is 71.2 Å². The summed E-state index contributed by atoms with van der Waals surface area (Å²) < 4.78 is 0. The number of rotatable bonds is 5. The van der Waals surface area contributed by atoms with Crippen LogP contribution in [0, 0.1) is 6.92 Å². The number of anilines is 1. The first-order chi connectivity index (χ1) is 15.3. The Kier molecular flexibility index (Phi) is 7.29. The zero-order valence-corrected chi connectivity index (χ0v) is 17.6. The van der Waals surface area contributed by atoms with Crippen LogP contribution < -0.4 is 5.32 Å². The molecule has 0 spiro atoms. The summed E-state index contributed by atoms with van der Waals surface area (Å²) in [4.78, 5) is 9.40. The molecule has 158 valence electrons. The van der Waals surface area contributed by atoms with Crippen LogP contribution in [0.5, 0.6) is 0 Å². The van der Waals surface area contributed by atoms with E-state index < -0.39 is 0 Å². The summed E-state index contributed by atoms with van der Waals surface area (Å²) in [5.41, 5.74) is 6.94. The van der Waals surface area contributed by atoms with E-state index in [0.717, 1.165) is 47.7 Å². The van der Waals surface area contributed by atoms with Crippen LogP contribution in [-0.4, -0.2) is 60.1 Å². The monoisotopic (exact) mass is 435 g/mol. The summed E-state index contributed by atoms with van der Waals surface area (Å²) in [5.74, 6) is 2.51. The second-order valence-electron chi connectivity index (χ2n) is 7.95. The van der Waals surface area contributed by atoms with Gasteiger partial charge in [0.2, 0.25) is 0 Å². The summed E-state index contributed by atoms with van der Waals surface area (Å²) >= 11 is 0. The number of H-pyrrole nitrogens is 1. The molecule has 2 N–H and O–H groups in total. The van der Waals surface area contributed by atoms with E-state index in [1.54, 1.807) is 0 Å². The van der Waals surface area contributed by atoms with Crippen molar-refractivity contribution in [1.29, 1.82) is 0 Å². The molecule has 8 heteroatoms. The van der Waals surface area contributed by atoms with Gasteiger partial charge in [0.25, 0.3) is 0 Å². The standard InChI is InChI=1S/C24H25N7.Na.H/c1-16-26-22-10-4-2-3-9-21(22)23(27-16)25-15-17-11-13-18(14-12-17)19-7-5-6-8-20(19)24-28-30-31-29-24;;/h5-8,11-14H,2-4,9-10,15H2,1H3,(H,25,26,27)(H,28,29,30,31);;. The molecule has 0 atom stereocenters. The second-order valence-corrected chi connectivity index (χ2v) is 7.95. The molecule has 32 heavy (non-hydrogen) atoms. The third-order valence-electron chi connectivity index (χ3n) is 5.80. The molecule has 0 bridgehead atoms. The number of benzene rings is 2. The molecular formula is C24H26N7Na. The Bertz CT molecular complexity index is 1170. The Hall–Kier alpha value is -2.61. The van der Waals surface area contributed by atoms with Gasteiger partial charge in [-0.3, -0.25) is 0 Å². The number of fused-ring (bicyclic) bond motifs is 1. The second kappa shape index (κ2) is 10.3. The minimum absolute atomic E-state index is 0. The Morgan fingerprint density at radius 3 is 2.47 bits per heavy atom. The van der Waals surface area contributed by atoms with Crippen molar-refractivity contribution in [3.8, 4) is 22.5 Å². The van der Waals surface area contributed by atoms with Crippen molar-refractivity contribution >= 4 is 35.4 Å². The molecule has 2 heterocycles. The molecule has 2 aromatic heterocycles. The molecule has 1 aliphatic rings. The van der Waals surface area contributed by atoms with Gasteiger partial charge in [0.15, 0.2) is 5.82 Å². The summed E-state index contributed by atoms with van der Waals surface area (Å²) in [6, 6.07) is 16.7. The molecule has 4 aromatic rings. The SMILES string of the molecule is Cc1nc2c(c(NCc3ccc(-c4ccccc4-c4nnn[nH]4)cc3)n1)CCCCC2.[NaH]. The normalized spacial score (nSPS) is 13.0. The Morgan fingerprint density at radius 2 is 1.69 bits per heavy atom. The molecule has 0 fully saturated rings. The number of tetrazole rings is 1. The van der Waals surface area contributed by atoms with Gasteiger partial charge in [-0.2, -0.15) is 0 Å². The van der Waals surface area contributed by atoms with Crippen molar-refractivity contribution in [2.75, 3.05) is 5.32 Å². The van der Waals surface area contributed by atoms with Gasteiger partial charge >= 0.3 is 29.6 Å². The third-order valence-corrected chi connectivity index (χ3v) is 5.80. The van der Waals surface area contributed by atoms with Crippen molar-refractivity contribution in [2.24, 2.45) is 0 Å². The zero-order valence-electron chi connectivity index (χ0n) is 17.6. The number of aromatic nitrogens is 6. The fourth-order valence-electron chi connectivity index (χ4n) is 4.24. The first-order valence-corrected chi connectivity index (χ1v) is 10.8. The Labute approximate surface area is 209 Å². The topological polar surface area (TPSA) is 92.3 Å². The van der Waals surface area contributed by atoms with Crippen LogP contribution in [0.25, 0.3) is 22.5 Å². The predicted octanol–water partition coefficient (Wildman–Crippen LogP) is 3.86. The molecule has 0 saturated heterocycles. The molecule has 2 aromatic carbocycles. The number of nitrogens with zero attached hydrogens (tertiary/aromatic N) is 5. The van der Waals surface area contributed by atoms with Crippen LogP contribution in [0.2, 0.25) is 0 Å². The summed E-state index contributed by atoms with van der Waals surface area (Å²) in [5, 5.41) is 17.9. The van der Waals surface area contributed by atoms with Gasteiger partial charge in [-0.05, 0) is 59.7 Å². The van der Waals surface area contributed by atoms with E-state index in [1.165, 1.54) is 36.1 Å². The van der Waals surface area contributed by atoms with E-state index in [1.807, 2.05) is 25.1 Å². The molecule has 7 nitrogen and oxygen atoms in total. The predicted molar refractivity (Wildman–Crippen MR) is 128 cm³/mol. The summed E-state index contributed by atoms with van der Waals surface area (Å²) in [7, 11) is 0. The van der Waals surface area contributed by atoms with Crippen LogP contribution in [-0.2, 0) is 19.4 Å². The van der Waals surface area contributed by atoms with Gasteiger partial charge in [-0.1, -0.05) is 55.0 Å². The number of aromatic amines is 1. The summed E-state index contributed by atoms with van der Waals surface area (Å²) in [6.07, 6.45) is 5.81. The van der Waals surface area contributed by atoms with E-state index in [2.05, 4.69) is 56.3 Å². The van der Waals surface area contributed by atoms with Crippen molar-refractivity contribution < 1.29 is 0 Å². The molecule has 5 rings (SSSR count). The number of hydrogen-bond acceptors (Lipinski definition) is 6. The number of hydrogen-bond donors (Lipinski definition) is 2. The van der Waals surface area contributed by atoms with Gasteiger partial charge in [-0.25, -0.2) is 15.1 Å². The fraction of sp³-hybridized carbons (Fsp3) is 0.292. The minimum atomic E-state index is 0. The molecule has 0 radical (unpaired) electrons. The van der Waals surface area contributed by atoms with Crippen molar-refractivity contribution in [1.82, 2.24) is 30.6 Å². The van der Waals surface area contributed by atoms with Crippen LogP contribution >= 0.6 is 0 Å². The van der Waals surface area contributed by atoms with Crippen LogP contribution in [0.15, 0.2) is 48.5 Å². The van der Waals surface area contributed by atoms with Gasteiger partial charge in [0.1, 0.15) is 11.6 Å². The van der Waals surface area contributed by atoms with Gasteiger partial charge in [0.05, 0.1) is 0 Å². The average Bonchev–Trinajstić information content (AvgIpc) is 3.24. The van der Waals surface area contributed by atoms with Crippen LogP contribution in [0.3, 0.4) is 0 Å². The summed E-state index contributed by atoms with van der Waals surface area (Å²) in [6.45, 7) is 2.71. The molecule has 1 aliphatic carbocycles. The average molecular weight is 436 g/mol. The van der Waals surface area contributed by atoms with Gasteiger partial charge < -0.3 is 5.32 Å². The maximum atomic E-state index is 4.70. The van der Waals surface area contributed by atoms with E-state index in [9.17, 15) is 0 Å². The molecule has 0 aliphatic heterocycles. The fourth-order valence-corrected chi connectivity index (χ4v) is 4.24. The van der Waals surface area contributed by atoms with Crippen LogP contribution in [0.4, 0.5) is 5.82 Å². The third kappa shape index (κ3) is 4.90. The molecule has 0 amide bonds. The molecular weight excluding hydrogens is 409 g/mol. The van der Waals surface area contributed by atoms with E-state index in [0.29, 0.717) is 5.82 Å². The molecule has 0 unspecified atom stereocenters. The molecule has 0 saturated carbocycles. The quantitative estimate of drug-likeness (QED) is 0.365. The van der Waals surface area contributed by atoms with Crippen molar-refractivity contribution in [2.45, 2.75) is 45.6 Å². The van der Waals surface area contributed by atoms with Crippen molar-refractivity contribution in [3.63, 3.8) is 0 Å². The van der Waals surface area contributed by atoms with E-state index >= 15 is 0 Å². The number of nitrogens with one attached hydrogen (secondary N) is 2. The zero-order chi connectivity index (χ0) is 21.0. The van der Waals surface area contributed by atoms with Gasteiger partial charge in [-0.15, -0.1) is 5.10 Å². The van der Waals surface area contributed by atoms with E-state index in [-0.39, 0.29) is 29.6 Å². The van der Waals surface area contributed by atoms with E-state index in [4.69, 9.17) is 9.97 Å². The first-order valence-electron chi connectivity index (χ1n) is 10.8. The van der Waals surface area contributed by atoms with Crippen LogP contribution in [0.1, 0.15) is 41.9 Å².